The third-order valence-corrected chi connectivity index (χ3v) is 6.15. The van der Waals surface area contributed by atoms with Crippen LogP contribution in [0.15, 0.2) is 54.7 Å². The van der Waals surface area contributed by atoms with E-state index in [1.54, 1.807) is 0 Å². The normalized spacial score (nSPS) is 15.6. The van der Waals surface area contributed by atoms with Crippen LogP contribution in [0.4, 0.5) is 18.9 Å². The van der Waals surface area contributed by atoms with Crippen LogP contribution in [-0.2, 0) is 27.5 Å². The number of alkyl halides is 2. The summed E-state index contributed by atoms with van der Waals surface area (Å²) in [5.41, 5.74) is -0.414. The SMILES string of the molecule is CC(O)C(F)(F)c1ccc(CC(=O)Nc2ccc(OC3(c4ncc(Cl)cc4Cl)COC3)c(F)c2)cc1. The molecule has 1 unspecified atom stereocenters. The highest BCUT2D eigenvalue weighted by atomic mass is 35.5. The molecule has 2 N–H and O–H groups in total. The number of ether oxygens (including phenoxy) is 2. The lowest BCUT2D eigenvalue weighted by Gasteiger charge is -2.41. The number of benzene rings is 2. The molecule has 1 aliphatic heterocycles. The lowest BCUT2D eigenvalue weighted by atomic mass is 9.96. The number of aliphatic hydroxyl groups is 1. The first kappa shape index (κ1) is 26.2. The van der Waals surface area contributed by atoms with E-state index in [9.17, 15) is 23.1 Å². The molecule has 1 aliphatic rings. The van der Waals surface area contributed by atoms with E-state index in [2.05, 4.69) is 10.3 Å². The van der Waals surface area contributed by atoms with Crippen molar-refractivity contribution in [3.05, 3.63) is 87.4 Å². The van der Waals surface area contributed by atoms with E-state index in [1.165, 1.54) is 36.5 Å². The predicted molar refractivity (Wildman–Crippen MR) is 128 cm³/mol. The number of halogens is 5. The Hall–Kier alpha value is -2.85. The fourth-order valence-corrected chi connectivity index (χ4v) is 4.18. The number of anilines is 1. The van der Waals surface area contributed by atoms with Gasteiger partial charge >= 0.3 is 0 Å². The van der Waals surface area contributed by atoms with Crippen LogP contribution < -0.4 is 10.1 Å². The lowest BCUT2D eigenvalue weighted by Crippen LogP contribution is -2.52. The second kappa shape index (κ2) is 10.3. The summed E-state index contributed by atoms with van der Waals surface area (Å²) < 4.78 is 53.8. The van der Waals surface area contributed by atoms with Gasteiger partial charge in [0.05, 0.1) is 29.7 Å². The van der Waals surface area contributed by atoms with Crippen molar-refractivity contribution in [1.82, 2.24) is 4.98 Å². The number of aliphatic hydroxyl groups excluding tert-OH is 1. The van der Waals surface area contributed by atoms with Gasteiger partial charge in [-0.1, -0.05) is 47.5 Å². The average molecular weight is 541 g/mol. The molecular weight excluding hydrogens is 520 g/mol. The van der Waals surface area contributed by atoms with Gasteiger partial charge in [0.1, 0.15) is 11.8 Å². The van der Waals surface area contributed by atoms with E-state index in [0.717, 1.165) is 25.1 Å². The number of nitrogens with zero attached hydrogens (tertiary/aromatic N) is 1. The fraction of sp³-hybridized carbons (Fsp3) is 0.280. The van der Waals surface area contributed by atoms with Gasteiger partial charge in [0, 0.05) is 23.5 Å². The molecule has 190 valence electrons. The molecular formula is C25H21Cl2F3N2O4. The Morgan fingerprint density at radius 1 is 1.22 bits per heavy atom. The van der Waals surface area contributed by atoms with Crippen LogP contribution in [0.1, 0.15) is 23.7 Å². The van der Waals surface area contributed by atoms with Crippen LogP contribution in [0, 0.1) is 5.82 Å². The third-order valence-electron chi connectivity index (χ3n) is 5.66. The number of amides is 1. The molecule has 0 bridgehead atoms. The molecule has 0 radical (unpaired) electrons. The predicted octanol–water partition coefficient (Wildman–Crippen LogP) is 5.49. The first-order valence-corrected chi connectivity index (χ1v) is 11.6. The number of rotatable bonds is 8. The summed E-state index contributed by atoms with van der Waals surface area (Å²) in [6.07, 6.45) is -0.561. The minimum absolute atomic E-state index is 0.0845. The number of aromatic nitrogens is 1. The molecule has 0 aliphatic carbocycles. The number of nitrogens with one attached hydrogen (secondary N) is 1. The highest BCUT2D eigenvalue weighted by Gasteiger charge is 2.46. The molecule has 1 amide bonds. The Labute approximate surface area is 215 Å². The van der Waals surface area contributed by atoms with Gasteiger partial charge in [-0.3, -0.25) is 9.78 Å². The van der Waals surface area contributed by atoms with E-state index in [4.69, 9.17) is 32.7 Å². The topological polar surface area (TPSA) is 80.7 Å². The van der Waals surface area contributed by atoms with Gasteiger partial charge in [0.15, 0.2) is 17.2 Å². The maximum Gasteiger partial charge on any atom is 0.298 e. The van der Waals surface area contributed by atoms with Crippen LogP contribution in [-0.4, -0.2) is 35.3 Å². The molecule has 6 nitrogen and oxygen atoms in total. The van der Waals surface area contributed by atoms with Crippen molar-refractivity contribution in [1.29, 1.82) is 0 Å². The number of hydrogen-bond donors (Lipinski definition) is 2. The summed E-state index contributed by atoms with van der Waals surface area (Å²) in [4.78, 5) is 16.6. The van der Waals surface area contributed by atoms with E-state index in [0.29, 0.717) is 16.3 Å². The van der Waals surface area contributed by atoms with Crippen molar-refractivity contribution < 1.29 is 32.5 Å². The zero-order chi connectivity index (χ0) is 26.1. The Kier molecular flexibility index (Phi) is 7.47. The fourth-order valence-electron chi connectivity index (χ4n) is 3.63. The van der Waals surface area contributed by atoms with Crippen molar-refractivity contribution in [3.8, 4) is 5.75 Å². The minimum atomic E-state index is -3.40. The maximum atomic E-state index is 14.8. The molecule has 36 heavy (non-hydrogen) atoms. The Bertz CT molecular complexity index is 1270. The molecule has 1 atom stereocenters. The van der Waals surface area contributed by atoms with Crippen LogP contribution in [0.5, 0.6) is 5.75 Å². The second-order valence-electron chi connectivity index (χ2n) is 8.44. The smallest absolute Gasteiger partial charge is 0.298 e. The summed E-state index contributed by atoms with van der Waals surface area (Å²) in [5.74, 6) is -4.69. The van der Waals surface area contributed by atoms with Gasteiger partial charge in [-0.2, -0.15) is 8.78 Å². The first-order valence-electron chi connectivity index (χ1n) is 10.8. The number of carbonyl (C=O) groups excluding carboxylic acids is 1. The molecule has 4 rings (SSSR count). The molecule has 11 heteroatoms. The molecule has 2 heterocycles. The highest BCUT2D eigenvalue weighted by molar-refractivity contribution is 6.34. The van der Waals surface area contributed by atoms with Gasteiger partial charge in [0.25, 0.3) is 5.92 Å². The summed E-state index contributed by atoms with van der Waals surface area (Å²) in [5, 5.41) is 12.4. The molecule has 1 saturated heterocycles. The summed E-state index contributed by atoms with van der Waals surface area (Å²) in [6.45, 7) is 1.22. The standard InChI is InChI=1S/C25H21Cl2F3N2O4/c1-14(33)25(29,30)16-4-2-15(3-5-16)8-22(34)32-18-6-7-21(20(28)10-18)36-24(12-35-13-24)23-19(27)9-17(26)11-31-23/h2-7,9-11,14,33H,8,12-13H2,1H3,(H,32,34). The lowest BCUT2D eigenvalue weighted by molar-refractivity contribution is -0.171. The summed E-state index contributed by atoms with van der Waals surface area (Å²) in [6, 6.07) is 10.5. The molecule has 3 aromatic rings. The Morgan fingerprint density at radius 3 is 2.47 bits per heavy atom. The van der Waals surface area contributed by atoms with Crippen molar-refractivity contribution in [2.45, 2.75) is 31.0 Å². The minimum Gasteiger partial charge on any atom is -0.473 e. The van der Waals surface area contributed by atoms with E-state index in [1.807, 2.05) is 0 Å². The van der Waals surface area contributed by atoms with Crippen molar-refractivity contribution in [3.63, 3.8) is 0 Å². The number of hydrogen-bond acceptors (Lipinski definition) is 5. The van der Waals surface area contributed by atoms with Crippen molar-refractivity contribution in [2.24, 2.45) is 0 Å². The Balaban J connectivity index is 1.42. The van der Waals surface area contributed by atoms with Crippen molar-refractivity contribution in [2.75, 3.05) is 18.5 Å². The Morgan fingerprint density at radius 2 is 1.92 bits per heavy atom. The van der Waals surface area contributed by atoms with E-state index >= 15 is 0 Å². The molecule has 0 spiro atoms. The molecule has 1 aromatic heterocycles. The van der Waals surface area contributed by atoms with Gasteiger partial charge in [-0.25, -0.2) is 4.39 Å². The average Bonchev–Trinajstić information content (AvgIpc) is 2.78. The van der Waals surface area contributed by atoms with Gasteiger partial charge in [0.2, 0.25) is 5.91 Å². The van der Waals surface area contributed by atoms with Crippen LogP contribution in [0.25, 0.3) is 0 Å². The first-order chi connectivity index (χ1) is 17.0. The maximum absolute atomic E-state index is 14.8. The number of pyridine rings is 1. The molecule has 2 aromatic carbocycles. The monoisotopic (exact) mass is 540 g/mol. The number of carbonyl (C=O) groups is 1. The zero-order valence-electron chi connectivity index (χ0n) is 18.9. The second-order valence-corrected chi connectivity index (χ2v) is 9.28. The zero-order valence-corrected chi connectivity index (χ0v) is 20.4. The quantitative estimate of drug-likeness (QED) is 0.395. The summed E-state index contributed by atoms with van der Waals surface area (Å²) in [7, 11) is 0. The van der Waals surface area contributed by atoms with Gasteiger partial charge < -0.3 is 19.9 Å². The van der Waals surface area contributed by atoms with E-state index < -0.39 is 29.4 Å². The summed E-state index contributed by atoms with van der Waals surface area (Å²) >= 11 is 12.2. The van der Waals surface area contributed by atoms with Crippen LogP contribution in [0.3, 0.4) is 0 Å². The van der Waals surface area contributed by atoms with Crippen molar-refractivity contribution >= 4 is 34.8 Å². The van der Waals surface area contributed by atoms with Crippen LogP contribution in [0.2, 0.25) is 10.0 Å². The van der Waals surface area contributed by atoms with Gasteiger partial charge in [-0.15, -0.1) is 0 Å². The highest BCUT2D eigenvalue weighted by Crippen LogP contribution is 2.39. The molecule has 0 saturated carbocycles. The molecule has 1 fully saturated rings. The van der Waals surface area contributed by atoms with Crippen LogP contribution >= 0.6 is 23.2 Å². The van der Waals surface area contributed by atoms with E-state index in [-0.39, 0.29) is 41.7 Å². The third kappa shape index (κ3) is 5.44. The van der Waals surface area contributed by atoms with Gasteiger partial charge in [-0.05, 0) is 30.7 Å². The largest absolute Gasteiger partial charge is 0.473 e.